The van der Waals surface area contributed by atoms with Gasteiger partial charge in [-0.1, -0.05) is 36.4 Å². The molecule has 2 aromatic rings. The Hall–Kier alpha value is -3.29. The second-order valence-electron chi connectivity index (χ2n) is 7.39. The molecule has 0 heterocycles. The zero-order valence-corrected chi connectivity index (χ0v) is 17.6. The van der Waals surface area contributed by atoms with Gasteiger partial charge in [0.15, 0.2) is 0 Å². The molecule has 0 fully saturated rings. The van der Waals surface area contributed by atoms with Crippen molar-refractivity contribution in [3.63, 3.8) is 0 Å². The van der Waals surface area contributed by atoms with Gasteiger partial charge in [0.1, 0.15) is 0 Å². The Morgan fingerprint density at radius 2 is 1.33 bits per heavy atom. The Morgan fingerprint density at radius 1 is 0.818 bits per heavy atom. The van der Waals surface area contributed by atoms with Crippen LogP contribution in [0.1, 0.15) is 42.0 Å². The first-order valence-corrected chi connectivity index (χ1v) is 10.1. The molecule has 33 heavy (non-hydrogen) atoms. The van der Waals surface area contributed by atoms with E-state index in [0.29, 0.717) is 40.7 Å². The number of ether oxygens (including phenoxy) is 1. The van der Waals surface area contributed by atoms with E-state index in [9.17, 15) is 31.1 Å². The minimum absolute atomic E-state index is 0.188. The molecule has 0 aromatic heterocycles. The molecule has 0 spiro atoms. The van der Waals surface area contributed by atoms with Gasteiger partial charge in [-0.05, 0) is 71.9 Å². The summed E-state index contributed by atoms with van der Waals surface area (Å²) in [6.45, 7) is 1.85. The van der Waals surface area contributed by atoms with Crippen molar-refractivity contribution >= 4 is 17.1 Å². The summed E-state index contributed by atoms with van der Waals surface area (Å²) < 4.78 is 82.5. The molecule has 0 atom stereocenters. The smallest absolute Gasteiger partial charge is 0.416 e. The van der Waals surface area contributed by atoms with E-state index in [4.69, 9.17) is 4.74 Å². The summed E-state index contributed by atoms with van der Waals surface area (Å²) in [6.07, 6.45) is -3.41. The van der Waals surface area contributed by atoms with Crippen LogP contribution >= 0.6 is 0 Å². The predicted molar refractivity (Wildman–Crippen MR) is 113 cm³/mol. The van der Waals surface area contributed by atoms with E-state index in [1.54, 1.807) is 19.1 Å². The normalized spacial score (nSPS) is 16.2. The summed E-state index contributed by atoms with van der Waals surface area (Å²) in [5, 5.41) is 0. The average molecular weight is 466 g/mol. The van der Waals surface area contributed by atoms with Crippen molar-refractivity contribution in [3.05, 3.63) is 94.6 Å². The predicted octanol–water partition coefficient (Wildman–Crippen LogP) is 7.47. The van der Waals surface area contributed by atoms with Crippen LogP contribution in [0.2, 0.25) is 0 Å². The Bertz CT molecular complexity index is 1090. The number of benzene rings is 2. The topological polar surface area (TPSA) is 26.3 Å². The molecule has 0 saturated carbocycles. The van der Waals surface area contributed by atoms with Crippen LogP contribution in [-0.4, -0.2) is 12.6 Å². The van der Waals surface area contributed by atoms with Crippen LogP contribution in [0.5, 0.6) is 0 Å². The van der Waals surface area contributed by atoms with Crippen molar-refractivity contribution in [2.75, 3.05) is 6.61 Å². The molecule has 174 valence electrons. The van der Waals surface area contributed by atoms with Crippen molar-refractivity contribution in [1.82, 2.24) is 0 Å². The molecule has 8 heteroatoms. The Morgan fingerprint density at radius 3 is 1.82 bits per heavy atom. The van der Waals surface area contributed by atoms with Crippen molar-refractivity contribution < 1.29 is 35.9 Å². The van der Waals surface area contributed by atoms with Gasteiger partial charge in [0.05, 0.1) is 17.7 Å². The molecule has 0 amide bonds. The maximum atomic E-state index is 12.9. The fourth-order valence-electron chi connectivity index (χ4n) is 3.42. The highest BCUT2D eigenvalue weighted by atomic mass is 19.4. The maximum absolute atomic E-state index is 12.9. The molecule has 0 N–H and O–H groups in total. The highest BCUT2D eigenvalue weighted by Crippen LogP contribution is 2.36. The van der Waals surface area contributed by atoms with Crippen LogP contribution in [0.4, 0.5) is 26.3 Å². The van der Waals surface area contributed by atoms with E-state index in [1.807, 2.05) is 0 Å². The summed E-state index contributed by atoms with van der Waals surface area (Å²) in [7, 11) is 0. The Kier molecular flexibility index (Phi) is 7.15. The number of carbonyl (C=O) groups is 1. The lowest BCUT2D eigenvalue weighted by molar-refractivity contribution is -0.138. The molecular formula is C25H20F6O2. The second kappa shape index (κ2) is 9.68. The lowest BCUT2D eigenvalue weighted by Crippen LogP contribution is -2.04. The number of allylic oxidation sites excluding steroid dienone is 5. The Balaban J connectivity index is 2.01. The van der Waals surface area contributed by atoms with E-state index >= 15 is 0 Å². The third kappa shape index (κ3) is 6.37. The molecule has 0 radical (unpaired) electrons. The third-order valence-corrected chi connectivity index (χ3v) is 5.07. The van der Waals surface area contributed by atoms with E-state index in [-0.39, 0.29) is 6.61 Å². The van der Waals surface area contributed by atoms with Gasteiger partial charge in [0.25, 0.3) is 0 Å². The highest BCUT2D eigenvalue weighted by molar-refractivity contribution is 5.89. The third-order valence-electron chi connectivity index (χ3n) is 5.07. The summed E-state index contributed by atoms with van der Waals surface area (Å²) in [6, 6.07) is 9.25. The highest BCUT2D eigenvalue weighted by Gasteiger charge is 2.31. The monoisotopic (exact) mass is 466 g/mol. The van der Waals surface area contributed by atoms with Gasteiger partial charge >= 0.3 is 18.3 Å². The molecule has 0 bridgehead atoms. The molecule has 2 nitrogen and oxygen atoms in total. The number of esters is 1. The van der Waals surface area contributed by atoms with E-state index in [0.717, 1.165) is 24.3 Å². The zero-order valence-electron chi connectivity index (χ0n) is 17.6. The largest absolute Gasteiger partial charge is 0.463 e. The van der Waals surface area contributed by atoms with Gasteiger partial charge < -0.3 is 4.74 Å². The van der Waals surface area contributed by atoms with E-state index in [2.05, 4.69) is 0 Å². The van der Waals surface area contributed by atoms with Gasteiger partial charge in [-0.2, -0.15) is 26.3 Å². The number of carbonyl (C=O) groups excluding carboxylic acids is 1. The van der Waals surface area contributed by atoms with Gasteiger partial charge in [-0.3, -0.25) is 0 Å². The van der Waals surface area contributed by atoms with Crippen molar-refractivity contribution in [2.45, 2.75) is 32.1 Å². The molecule has 0 unspecified atom stereocenters. The van der Waals surface area contributed by atoms with E-state index < -0.39 is 29.4 Å². The van der Waals surface area contributed by atoms with Gasteiger partial charge in [-0.15, -0.1) is 0 Å². The number of alkyl halides is 6. The fraction of sp³-hybridized carbons (Fsp3) is 0.240. The van der Waals surface area contributed by atoms with Crippen LogP contribution in [0.25, 0.3) is 11.1 Å². The molecule has 1 aliphatic carbocycles. The summed E-state index contributed by atoms with van der Waals surface area (Å²) in [4.78, 5) is 11.9. The Labute approximate surface area is 186 Å². The van der Waals surface area contributed by atoms with Crippen LogP contribution in [0.3, 0.4) is 0 Å². The SMILES string of the molecule is CCOC(=O)/C=C1/C=C(c2ccc(C(F)(F)F)cc2)C=C(c2ccc(C(F)(F)F)cc2)CC1. The lowest BCUT2D eigenvalue weighted by atomic mass is 9.97. The van der Waals surface area contributed by atoms with Crippen molar-refractivity contribution in [3.8, 4) is 0 Å². The molecule has 2 aromatic carbocycles. The van der Waals surface area contributed by atoms with Gasteiger partial charge in [0.2, 0.25) is 0 Å². The van der Waals surface area contributed by atoms with Crippen LogP contribution in [-0.2, 0) is 21.9 Å². The molecule has 0 aliphatic heterocycles. The standard InChI is InChI=1S/C25H20F6O2/c1-2-33-23(32)14-16-3-4-19(17-5-9-21(10-6-17)24(26,27)28)15-20(13-16)18-7-11-22(12-8-18)25(29,30)31/h5-15H,2-4H2,1H3/b16-14+. The minimum Gasteiger partial charge on any atom is -0.463 e. The summed E-state index contributed by atoms with van der Waals surface area (Å²) in [5.74, 6) is -0.548. The van der Waals surface area contributed by atoms with Crippen LogP contribution < -0.4 is 0 Å². The summed E-state index contributed by atoms with van der Waals surface area (Å²) >= 11 is 0. The maximum Gasteiger partial charge on any atom is 0.416 e. The van der Waals surface area contributed by atoms with Crippen molar-refractivity contribution in [1.29, 1.82) is 0 Å². The number of hydrogen-bond donors (Lipinski definition) is 0. The number of halogens is 6. The van der Waals surface area contributed by atoms with Crippen LogP contribution in [0, 0.1) is 0 Å². The molecule has 3 rings (SSSR count). The average Bonchev–Trinajstić information content (AvgIpc) is 2.95. The van der Waals surface area contributed by atoms with E-state index in [1.165, 1.54) is 30.3 Å². The summed E-state index contributed by atoms with van der Waals surface area (Å²) in [5.41, 5.74) is 1.29. The quantitative estimate of drug-likeness (QED) is 0.265. The number of rotatable bonds is 4. The minimum atomic E-state index is -4.48. The fourth-order valence-corrected chi connectivity index (χ4v) is 3.42. The first-order valence-electron chi connectivity index (χ1n) is 10.1. The lowest BCUT2D eigenvalue weighted by Gasteiger charge is -2.11. The number of hydrogen-bond acceptors (Lipinski definition) is 2. The molecular weight excluding hydrogens is 446 g/mol. The van der Waals surface area contributed by atoms with Crippen LogP contribution in [0.15, 0.2) is 72.3 Å². The van der Waals surface area contributed by atoms with Gasteiger partial charge in [0, 0.05) is 6.08 Å². The first-order chi connectivity index (χ1) is 15.5. The zero-order chi connectivity index (χ0) is 24.2. The second-order valence-corrected chi connectivity index (χ2v) is 7.39. The van der Waals surface area contributed by atoms with Gasteiger partial charge in [-0.25, -0.2) is 4.79 Å². The first kappa shape index (κ1) is 24.4. The molecule has 1 aliphatic rings. The van der Waals surface area contributed by atoms with Crippen molar-refractivity contribution in [2.24, 2.45) is 0 Å². The molecule has 0 saturated heterocycles.